The number of nitrogens with zero attached hydrogens (tertiary/aromatic N) is 3. The Morgan fingerprint density at radius 3 is 2.61 bits per heavy atom. The molecule has 2 heterocycles. The summed E-state index contributed by atoms with van der Waals surface area (Å²) in [6.45, 7) is 3.25. The maximum atomic E-state index is 11.4. The molecule has 1 saturated heterocycles. The molecule has 1 fully saturated rings. The maximum absolute atomic E-state index is 11.4. The molecular weight excluding hydrogens is 318 g/mol. The molecule has 0 spiro atoms. The molecule has 1 aliphatic rings. The van der Waals surface area contributed by atoms with Crippen molar-refractivity contribution >= 4 is 17.6 Å². The number of carboxylic acids is 1. The summed E-state index contributed by atoms with van der Waals surface area (Å²) in [7, 11) is 0. The average molecular weight is 334 g/mol. The second-order valence-electron chi connectivity index (χ2n) is 5.25. The van der Waals surface area contributed by atoms with Crippen LogP contribution in [0.5, 0.6) is 0 Å². The molecule has 1 aromatic carbocycles. The summed E-state index contributed by atoms with van der Waals surface area (Å²) in [5, 5.41) is 9.97. The lowest BCUT2D eigenvalue weighted by atomic mass is 10.1. The molecule has 0 atom stereocenters. The highest BCUT2D eigenvalue weighted by molar-refractivity contribution is 6.30. The molecule has 1 aromatic heterocycles. The van der Waals surface area contributed by atoms with Crippen molar-refractivity contribution in [3.05, 3.63) is 46.9 Å². The molecule has 3 rings (SSSR count). The van der Waals surface area contributed by atoms with Crippen molar-refractivity contribution in [2.75, 3.05) is 26.3 Å². The lowest BCUT2D eigenvalue weighted by molar-refractivity contribution is 0.0333. The lowest BCUT2D eigenvalue weighted by Crippen LogP contribution is -2.36. The van der Waals surface area contributed by atoms with E-state index in [-0.39, 0.29) is 5.69 Å². The van der Waals surface area contributed by atoms with Gasteiger partial charge in [-0.25, -0.2) is 14.8 Å². The molecule has 120 valence electrons. The zero-order chi connectivity index (χ0) is 16.2. The predicted molar refractivity (Wildman–Crippen MR) is 85.5 cm³/mol. The number of carbonyl (C=O) groups is 1. The molecule has 6 nitrogen and oxygen atoms in total. The monoisotopic (exact) mass is 333 g/mol. The molecule has 1 aliphatic heterocycles. The Morgan fingerprint density at radius 1 is 1.26 bits per heavy atom. The van der Waals surface area contributed by atoms with Gasteiger partial charge in [0.1, 0.15) is 0 Å². The highest BCUT2D eigenvalue weighted by atomic mass is 35.5. The van der Waals surface area contributed by atoms with Crippen molar-refractivity contribution in [2.45, 2.75) is 6.54 Å². The third kappa shape index (κ3) is 3.85. The molecule has 2 aromatic rings. The Balaban J connectivity index is 1.92. The van der Waals surface area contributed by atoms with Crippen molar-refractivity contribution in [2.24, 2.45) is 0 Å². The topological polar surface area (TPSA) is 75.5 Å². The first kappa shape index (κ1) is 15.9. The maximum Gasteiger partial charge on any atom is 0.356 e. The third-order valence-corrected chi connectivity index (χ3v) is 3.92. The molecule has 0 bridgehead atoms. The molecule has 0 unspecified atom stereocenters. The Bertz CT molecular complexity index is 700. The van der Waals surface area contributed by atoms with Crippen LogP contribution in [-0.4, -0.2) is 52.2 Å². The second kappa shape index (κ2) is 7.04. The summed E-state index contributed by atoms with van der Waals surface area (Å²) in [6, 6.07) is 7.22. The number of hydrogen-bond acceptors (Lipinski definition) is 5. The van der Waals surface area contributed by atoms with Crippen LogP contribution < -0.4 is 0 Å². The van der Waals surface area contributed by atoms with Crippen LogP contribution in [0.2, 0.25) is 5.02 Å². The van der Waals surface area contributed by atoms with Crippen molar-refractivity contribution in [3.8, 4) is 11.3 Å². The van der Waals surface area contributed by atoms with E-state index in [0.717, 1.165) is 18.7 Å². The molecular formula is C16H16ClN3O3. The summed E-state index contributed by atoms with van der Waals surface area (Å²) in [4.78, 5) is 22.1. The van der Waals surface area contributed by atoms with Gasteiger partial charge in [0.2, 0.25) is 0 Å². The normalized spacial score (nSPS) is 15.5. The van der Waals surface area contributed by atoms with Crippen LogP contribution in [0, 0.1) is 0 Å². The number of aromatic nitrogens is 2. The fourth-order valence-corrected chi connectivity index (χ4v) is 2.57. The molecule has 23 heavy (non-hydrogen) atoms. The smallest absolute Gasteiger partial charge is 0.356 e. The van der Waals surface area contributed by atoms with E-state index < -0.39 is 5.97 Å². The van der Waals surface area contributed by atoms with Gasteiger partial charge in [-0.05, 0) is 12.1 Å². The first-order valence-corrected chi connectivity index (χ1v) is 7.66. The molecule has 0 amide bonds. The zero-order valence-electron chi connectivity index (χ0n) is 12.4. The van der Waals surface area contributed by atoms with Crippen LogP contribution in [-0.2, 0) is 11.3 Å². The Hall–Kier alpha value is -2.02. The van der Waals surface area contributed by atoms with E-state index in [1.165, 1.54) is 6.20 Å². The first-order chi connectivity index (χ1) is 11.1. The van der Waals surface area contributed by atoms with E-state index in [2.05, 4.69) is 14.9 Å². The number of rotatable bonds is 4. The Kier molecular flexibility index (Phi) is 4.85. The molecule has 0 aliphatic carbocycles. The summed E-state index contributed by atoms with van der Waals surface area (Å²) in [5.74, 6) is -1.07. The van der Waals surface area contributed by atoms with Gasteiger partial charge in [0.15, 0.2) is 5.69 Å². The highest BCUT2D eigenvalue weighted by Gasteiger charge is 2.19. The van der Waals surface area contributed by atoms with Gasteiger partial charge in [-0.2, -0.15) is 0 Å². The second-order valence-corrected chi connectivity index (χ2v) is 5.69. The van der Waals surface area contributed by atoms with Crippen LogP contribution in [0.1, 0.15) is 16.2 Å². The minimum absolute atomic E-state index is 0.00537. The zero-order valence-corrected chi connectivity index (χ0v) is 13.2. The van der Waals surface area contributed by atoms with Gasteiger partial charge in [-0.1, -0.05) is 23.7 Å². The van der Waals surface area contributed by atoms with Crippen LogP contribution in [0.4, 0.5) is 0 Å². The van der Waals surface area contributed by atoms with Gasteiger partial charge in [-0.3, -0.25) is 4.90 Å². The van der Waals surface area contributed by atoms with Crippen LogP contribution in [0.15, 0.2) is 30.5 Å². The average Bonchev–Trinajstić information content (AvgIpc) is 2.56. The van der Waals surface area contributed by atoms with Gasteiger partial charge >= 0.3 is 5.97 Å². The van der Waals surface area contributed by atoms with Crippen molar-refractivity contribution in [1.29, 1.82) is 0 Å². The fraction of sp³-hybridized carbons (Fsp3) is 0.312. The van der Waals surface area contributed by atoms with E-state index >= 15 is 0 Å². The quantitative estimate of drug-likeness (QED) is 0.925. The summed E-state index contributed by atoms with van der Waals surface area (Å²) in [5.41, 5.74) is 1.94. The molecule has 7 heteroatoms. The van der Waals surface area contributed by atoms with E-state index in [4.69, 9.17) is 16.3 Å². The number of ether oxygens (including phenoxy) is 1. The largest absolute Gasteiger partial charge is 0.476 e. The summed E-state index contributed by atoms with van der Waals surface area (Å²) < 4.78 is 5.31. The summed E-state index contributed by atoms with van der Waals surface area (Å²) >= 11 is 5.89. The van der Waals surface area contributed by atoms with Crippen LogP contribution in [0.3, 0.4) is 0 Å². The lowest BCUT2D eigenvalue weighted by Gasteiger charge is -2.26. The number of benzene rings is 1. The van der Waals surface area contributed by atoms with Crippen LogP contribution >= 0.6 is 11.6 Å². The Morgan fingerprint density at radius 2 is 1.96 bits per heavy atom. The number of aromatic carboxylic acids is 1. The number of carboxylic acid groups (broad SMARTS) is 1. The van der Waals surface area contributed by atoms with E-state index in [9.17, 15) is 9.90 Å². The van der Waals surface area contributed by atoms with Crippen molar-refractivity contribution in [1.82, 2.24) is 14.9 Å². The van der Waals surface area contributed by atoms with Gasteiger partial charge < -0.3 is 9.84 Å². The Labute approximate surface area is 138 Å². The van der Waals surface area contributed by atoms with Crippen molar-refractivity contribution < 1.29 is 14.6 Å². The highest BCUT2D eigenvalue weighted by Crippen LogP contribution is 2.21. The van der Waals surface area contributed by atoms with E-state index in [1.54, 1.807) is 12.1 Å². The third-order valence-electron chi connectivity index (χ3n) is 3.66. The van der Waals surface area contributed by atoms with Gasteiger partial charge in [0.05, 0.1) is 30.8 Å². The predicted octanol–water partition coefficient (Wildman–Crippen LogP) is 2.33. The van der Waals surface area contributed by atoms with Crippen molar-refractivity contribution in [3.63, 3.8) is 0 Å². The first-order valence-electron chi connectivity index (χ1n) is 7.29. The minimum atomic E-state index is -1.07. The van der Waals surface area contributed by atoms with Crippen LogP contribution in [0.25, 0.3) is 11.3 Å². The summed E-state index contributed by atoms with van der Waals surface area (Å²) in [6.07, 6.45) is 1.48. The standard InChI is InChI=1S/C16H16ClN3O3/c17-12-3-1-11(2-4-12)13-9-18-15(16(21)22)14(19-13)10-20-5-7-23-8-6-20/h1-4,9H,5-8,10H2,(H,21,22). The number of halogens is 1. The number of morpholine rings is 1. The minimum Gasteiger partial charge on any atom is -0.476 e. The molecule has 0 radical (unpaired) electrons. The van der Waals surface area contributed by atoms with E-state index in [0.29, 0.717) is 36.2 Å². The van der Waals surface area contributed by atoms with Gasteiger partial charge in [-0.15, -0.1) is 0 Å². The molecule has 1 N–H and O–H groups in total. The fourth-order valence-electron chi connectivity index (χ4n) is 2.45. The van der Waals surface area contributed by atoms with Gasteiger partial charge in [0, 0.05) is 30.2 Å². The molecule has 0 saturated carbocycles. The number of hydrogen-bond donors (Lipinski definition) is 1. The SMILES string of the molecule is O=C(O)c1ncc(-c2ccc(Cl)cc2)nc1CN1CCOCC1. The van der Waals surface area contributed by atoms with E-state index in [1.807, 2.05) is 12.1 Å². The van der Waals surface area contributed by atoms with Gasteiger partial charge in [0.25, 0.3) is 0 Å².